The van der Waals surface area contributed by atoms with Gasteiger partial charge in [0.25, 0.3) is 0 Å². The van der Waals surface area contributed by atoms with Crippen LogP contribution in [0.15, 0.2) is 24.3 Å². The van der Waals surface area contributed by atoms with E-state index in [0.717, 1.165) is 18.7 Å². The lowest BCUT2D eigenvalue weighted by atomic mass is 9.99. The number of rotatable bonds is 3. The molecule has 1 aromatic carbocycles. The molecule has 2 rings (SSSR count). The second kappa shape index (κ2) is 6.73. The van der Waals surface area contributed by atoms with Gasteiger partial charge in [-0.05, 0) is 43.0 Å². The summed E-state index contributed by atoms with van der Waals surface area (Å²) in [6.45, 7) is 6.52. The number of likely N-dealkylation sites (tertiary alicyclic amines) is 1. The van der Waals surface area contributed by atoms with Crippen LogP contribution in [0.3, 0.4) is 0 Å². The fourth-order valence-corrected chi connectivity index (χ4v) is 2.78. The summed E-state index contributed by atoms with van der Waals surface area (Å²) >= 11 is 0. The minimum atomic E-state index is -0.0701. The third kappa shape index (κ3) is 3.58. The standard InChI is InChI=1S/C17H24N2/c1-14(2)15-7-9-16(10-8-15)17(13-18)19-11-5-3-4-6-12-19/h7-10,14,17H,3-6,11-12H2,1-2H3. The molecule has 0 radical (unpaired) electrons. The molecule has 1 unspecified atom stereocenters. The summed E-state index contributed by atoms with van der Waals surface area (Å²) in [7, 11) is 0. The van der Waals surface area contributed by atoms with Crippen molar-refractivity contribution in [3.05, 3.63) is 35.4 Å². The number of nitrogens with zero attached hydrogens (tertiary/aromatic N) is 2. The van der Waals surface area contributed by atoms with Gasteiger partial charge in [-0.15, -0.1) is 0 Å². The highest BCUT2D eigenvalue weighted by Gasteiger charge is 2.20. The lowest BCUT2D eigenvalue weighted by Gasteiger charge is -2.25. The smallest absolute Gasteiger partial charge is 0.123 e. The van der Waals surface area contributed by atoms with E-state index in [2.05, 4.69) is 49.1 Å². The van der Waals surface area contributed by atoms with Gasteiger partial charge in [-0.25, -0.2) is 0 Å². The van der Waals surface area contributed by atoms with Crippen molar-refractivity contribution >= 4 is 0 Å². The predicted molar refractivity (Wildman–Crippen MR) is 78.9 cm³/mol. The summed E-state index contributed by atoms with van der Waals surface area (Å²) in [5, 5.41) is 9.51. The highest BCUT2D eigenvalue weighted by atomic mass is 15.1. The van der Waals surface area contributed by atoms with Crippen molar-refractivity contribution < 1.29 is 0 Å². The van der Waals surface area contributed by atoms with E-state index in [4.69, 9.17) is 0 Å². The van der Waals surface area contributed by atoms with Gasteiger partial charge in [0.15, 0.2) is 0 Å². The van der Waals surface area contributed by atoms with E-state index in [1.165, 1.54) is 31.2 Å². The molecule has 1 atom stereocenters. The van der Waals surface area contributed by atoms with Crippen LogP contribution < -0.4 is 0 Å². The Morgan fingerprint density at radius 3 is 1.95 bits per heavy atom. The van der Waals surface area contributed by atoms with Crippen LogP contribution in [0.4, 0.5) is 0 Å². The van der Waals surface area contributed by atoms with Crippen LogP contribution in [-0.4, -0.2) is 18.0 Å². The Labute approximate surface area is 117 Å². The van der Waals surface area contributed by atoms with Crippen LogP contribution in [0.25, 0.3) is 0 Å². The lowest BCUT2D eigenvalue weighted by Crippen LogP contribution is -2.28. The van der Waals surface area contributed by atoms with Gasteiger partial charge in [0.2, 0.25) is 0 Å². The molecule has 1 aromatic rings. The molecule has 0 amide bonds. The monoisotopic (exact) mass is 256 g/mol. The topological polar surface area (TPSA) is 27.0 Å². The highest BCUT2D eigenvalue weighted by molar-refractivity contribution is 5.29. The predicted octanol–water partition coefficient (Wildman–Crippen LogP) is 4.25. The summed E-state index contributed by atoms with van der Waals surface area (Å²) in [4.78, 5) is 2.34. The summed E-state index contributed by atoms with van der Waals surface area (Å²) in [6.07, 6.45) is 5.06. The summed E-state index contributed by atoms with van der Waals surface area (Å²) in [5.41, 5.74) is 2.49. The Bertz CT molecular complexity index is 420. The molecule has 2 nitrogen and oxygen atoms in total. The van der Waals surface area contributed by atoms with Gasteiger partial charge in [-0.3, -0.25) is 4.90 Å². The van der Waals surface area contributed by atoms with Gasteiger partial charge >= 0.3 is 0 Å². The molecule has 0 N–H and O–H groups in total. The summed E-state index contributed by atoms with van der Waals surface area (Å²) in [6, 6.07) is 11.0. The third-order valence-corrected chi connectivity index (χ3v) is 4.05. The molecule has 1 aliphatic heterocycles. The third-order valence-electron chi connectivity index (χ3n) is 4.05. The quantitative estimate of drug-likeness (QED) is 0.808. The number of hydrogen-bond acceptors (Lipinski definition) is 2. The maximum Gasteiger partial charge on any atom is 0.123 e. The summed E-state index contributed by atoms with van der Waals surface area (Å²) < 4.78 is 0. The van der Waals surface area contributed by atoms with E-state index in [1.807, 2.05) is 0 Å². The normalized spacial score (nSPS) is 18.8. The first-order valence-corrected chi connectivity index (χ1v) is 7.46. The lowest BCUT2D eigenvalue weighted by molar-refractivity contribution is 0.246. The molecule has 1 heterocycles. The van der Waals surface area contributed by atoms with Crippen molar-refractivity contribution in [2.24, 2.45) is 0 Å². The Morgan fingerprint density at radius 2 is 1.47 bits per heavy atom. The molecule has 0 saturated carbocycles. The van der Waals surface area contributed by atoms with Gasteiger partial charge in [-0.1, -0.05) is 51.0 Å². The number of benzene rings is 1. The zero-order chi connectivity index (χ0) is 13.7. The average Bonchev–Trinajstić information content (AvgIpc) is 2.69. The molecule has 1 fully saturated rings. The minimum Gasteiger partial charge on any atom is -0.284 e. The van der Waals surface area contributed by atoms with Crippen molar-refractivity contribution in [1.82, 2.24) is 4.90 Å². The zero-order valence-corrected chi connectivity index (χ0v) is 12.1. The van der Waals surface area contributed by atoms with Crippen molar-refractivity contribution in [1.29, 1.82) is 5.26 Å². The molecule has 0 spiro atoms. The number of nitriles is 1. The second-order valence-corrected chi connectivity index (χ2v) is 5.80. The van der Waals surface area contributed by atoms with Gasteiger partial charge in [0, 0.05) is 0 Å². The molecular formula is C17H24N2. The first kappa shape index (κ1) is 14.1. The van der Waals surface area contributed by atoms with E-state index in [1.54, 1.807) is 0 Å². The van der Waals surface area contributed by atoms with Crippen LogP contribution in [0.1, 0.15) is 62.6 Å². The maximum absolute atomic E-state index is 9.51. The maximum atomic E-state index is 9.51. The van der Waals surface area contributed by atoms with E-state index in [9.17, 15) is 5.26 Å². The fourth-order valence-electron chi connectivity index (χ4n) is 2.78. The first-order valence-electron chi connectivity index (χ1n) is 7.46. The van der Waals surface area contributed by atoms with Crippen molar-refractivity contribution in [2.45, 2.75) is 51.5 Å². The molecule has 0 aromatic heterocycles. The van der Waals surface area contributed by atoms with Crippen LogP contribution in [0, 0.1) is 11.3 Å². The molecule has 0 aliphatic carbocycles. The fraction of sp³-hybridized carbons (Fsp3) is 0.588. The van der Waals surface area contributed by atoms with E-state index in [-0.39, 0.29) is 6.04 Å². The molecular weight excluding hydrogens is 232 g/mol. The largest absolute Gasteiger partial charge is 0.284 e. The molecule has 1 aliphatic rings. The molecule has 19 heavy (non-hydrogen) atoms. The van der Waals surface area contributed by atoms with E-state index in [0.29, 0.717) is 5.92 Å². The van der Waals surface area contributed by atoms with Crippen LogP contribution in [0.2, 0.25) is 0 Å². The molecule has 2 heteroatoms. The van der Waals surface area contributed by atoms with Crippen LogP contribution in [0.5, 0.6) is 0 Å². The van der Waals surface area contributed by atoms with Gasteiger partial charge in [-0.2, -0.15) is 5.26 Å². The van der Waals surface area contributed by atoms with Gasteiger partial charge < -0.3 is 0 Å². The molecule has 0 bridgehead atoms. The molecule has 1 saturated heterocycles. The Balaban J connectivity index is 2.14. The van der Waals surface area contributed by atoms with Gasteiger partial charge in [0.1, 0.15) is 6.04 Å². The Hall–Kier alpha value is -1.33. The highest BCUT2D eigenvalue weighted by Crippen LogP contribution is 2.25. The summed E-state index contributed by atoms with van der Waals surface area (Å²) in [5.74, 6) is 0.549. The van der Waals surface area contributed by atoms with E-state index < -0.39 is 0 Å². The SMILES string of the molecule is CC(C)c1ccc(C(C#N)N2CCCCCC2)cc1. The van der Waals surface area contributed by atoms with Crippen molar-refractivity contribution in [3.63, 3.8) is 0 Å². The second-order valence-electron chi connectivity index (χ2n) is 5.80. The van der Waals surface area contributed by atoms with E-state index >= 15 is 0 Å². The molecule has 102 valence electrons. The number of hydrogen-bond donors (Lipinski definition) is 0. The Kier molecular flexibility index (Phi) is 4.99. The van der Waals surface area contributed by atoms with Crippen LogP contribution >= 0.6 is 0 Å². The Morgan fingerprint density at radius 1 is 0.947 bits per heavy atom. The minimum absolute atomic E-state index is 0.0701. The van der Waals surface area contributed by atoms with Gasteiger partial charge in [0.05, 0.1) is 6.07 Å². The zero-order valence-electron chi connectivity index (χ0n) is 12.1. The first-order chi connectivity index (χ1) is 9.22. The van der Waals surface area contributed by atoms with Crippen molar-refractivity contribution in [3.8, 4) is 6.07 Å². The average molecular weight is 256 g/mol. The van der Waals surface area contributed by atoms with Crippen LogP contribution in [-0.2, 0) is 0 Å². The van der Waals surface area contributed by atoms with Crippen molar-refractivity contribution in [2.75, 3.05) is 13.1 Å².